The molecule has 1 aromatic heterocycles. The van der Waals surface area contributed by atoms with Crippen LogP contribution in [-0.2, 0) is 14.8 Å². The van der Waals surface area contributed by atoms with Gasteiger partial charge in [-0.05, 0) is 34.1 Å². The maximum absolute atomic E-state index is 12.2. The fraction of sp³-hybridized carbons (Fsp3) is 0.100. The second-order valence-corrected chi connectivity index (χ2v) is 7.91. The molecule has 2 rings (SSSR count). The van der Waals surface area contributed by atoms with E-state index in [1.807, 2.05) is 0 Å². The van der Waals surface area contributed by atoms with Crippen molar-refractivity contribution >= 4 is 65.6 Å². The molecule has 0 aliphatic carbocycles. The van der Waals surface area contributed by atoms with E-state index in [1.54, 1.807) is 12.1 Å². The molecule has 2 N–H and O–H groups in total. The van der Waals surface area contributed by atoms with Gasteiger partial charge >= 0.3 is 0 Å². The average molecular weight is 412 g/mol. The Morgan fingerprint density at radius 3 is 2.76 bits per heavy atom. The highest BCUT2D eigenvalue weighted by atomic mass is 79.9. The molecule has 2 aromatic rings. The van der Waals surface area contributed by atoms with Gasteiger partial charge in [-0.15, -0.1) is 10.2 Å². The van der Waals surface area contributed by atoms with Gasteiger partial charge in [0.1, 0.15) is 0 Å². The molecule has 0 spiro atoms. The minimum atomic E-state index is -3.91. The van der Waals surface area contributed by atoms with Crippen LogP contribution in [0.5, 0.6) is 0 Å². The van der Waals surface area contributed by atoms with Gasteiger partial charge in [-0.3, -0.25) is 9.52 Å². The van der Waals surface area contributed by atoms with Crippen LogP contribution in [0.2, 0.25) is 5.02 Å². The zero-order valence-electron chi connectivity index (χ0n) is 10.4. The topological polar surface area (TPSA) is 101 Å². The van der Waals surface area contributed by atoms with Crippen LogP contribution in [0.1, 0.15) is 6.92 Å². The first-order chi connectivity index (χ1) is 9.78. The van der Waals surface area contributed by atoms with E-state index in [1.165, 1.54) is 13.0 Å². The number of sulfonamides is 1. The Morgan fingerprint density at radius 1 is 1.38 bits per heavy atom. The third-order valence-corrected chi connectivity index (χ3v) is 5.59. The first-order valence-corrected chi connectivity index (χ1v) is 8.84. The second-order valence-electron chi connectivity index (χ2n) is 3.78. The highest BCUT2D eigenvalue weighted by Crippen LogP contribution is 2.29. The van der Waals surface area contributed by atoms with Gasteiger partial charge in [0.2, 0.25) is 11.0 Å². The molecule has 1 aromatic carbocycles. The standard InChI is InChI=1S/C10H8BrClN4O3S2/c1-5(17)13-9-14-15-10(20-9)21(18,19)16-8-4-6(12)2-3-7(8)11/h2-4,16H,1H3,(H,13,14,17). The Hall–Kier alpha value is -1.23. The number of hydrogen-bond donors (Lipinski definition) is 2. The van der Waals surface area contributed by atoms with Gasteiger partial charge in [0, 0.05) is 16.4 Å². The quantitative estimate of drug-likeness (QED) is 0.753. The molecule has 0 unspecified atom stereocenters. The number of nitrogens with zero attached hydrogens (tertiary/aromatic N) is 2. The van der Waals surface area contributed by atoms with Gasteiger partial charge in [-0.1, -0.05) is 22.9 Å². The number of anilines is 2. The summed E-state index contributed by atoms with van der Waals surface area (Å²) in [5, 5.41) is 9.98. The number of carbonyl (C=O) groups excluding carboxylic acids is 1. The van der Waals surface area contributed by atoms with Crippen LogP contribution in [0.3, 0.4) is 0 Å². The van der Waals surface area contributed by atoms with Gasteiger partial charge < -0.3 is 5.32 Å². The molecule has 7 nitrogen and oxygen atoms in total. The maximum atomic E-state index is 12.2. The molecule has 0 fully saturated rings. The molecule has 0 radical (unpaired) electrons. The van der Waals surface area contributed by atoms with Crippen molar-refractivity contribution in [2.75, 3.05) is 10.0 Å². The predicted molar refractivity (Wildman–Crippen MR) is 84.2 cm³/mol. The highest BCUT2D eigenvalue weighted by molar-refractivity contribution is 9.10. The minimum absolute atomic E-state index is 0.105. The molecule has 0 atom stereocenters. The zero-order valence-corrected chi connectivity index (χ0v) is 14.4. The van der Waals surface area contributed by atoms with Crippen LogP contribution < -0.4 is 10.0 Å². The van der Waals surface area contributed by atoms with E-state index in [4.69, 9.17) is 11.6 Å². The molecule has 1 amide bonds. The van der Waals surface area contributed by atoms with Crippen molar-refractivity contribution in [1.29, 1.82) is 0 Å². The minimum Gasteiger partial charge on any atom is -0.301 e. The van der Waals surface area contributed by atoms with Gasteiger partial charge in [0.05, 0.1) is 5.69 Å². The number of halogens is 2. The molecule has 0 saturated heterocycles. The van der Waals surface area contributed by atoms with Gasteiger partial charge in [-0.2, -0.15) is 8.42 Å². The maximum Gasteiger partial charge on any atom is 0.291 e. The number of carbonyl (C=O) groups is 1. The summed E-state index contributed by atoms with van der Waals surface area (Å²) in [6.07, 6.45) is 0. The largest absolute Gasteiger partial charge is 0.301 e. The molecule has 11 heteroatoms. The van der Waals surface area contributed by atoms with E-state index in [2.05, 4.69) is 36.2 Å². The van der Waals surface area contributed by atoms with E-state index in [9.17, 15) is 13.2 Å². The summed E-state index contributed by atoms with van der Waals surface area (Å²) in [4.78, 5) is 10.9. The van der Waals surface area contributed by atoms with Crippen LogP contribution >= 0.6 is 38.9 Å². The van der Waals surface area contributed by atoms with Crippen LogP contribution in [-0.4, -0.2) is 24.5 Å². The first-order valence-electron chi connectivity index (χ1n) is 5.37. The van der Waals surface area contributed by atoms with Gasteiger partial charge in [0.25, 0.3) is 14.4 Å². The van der Waals surface area contributed by atoms with E-state index in [0.29, 0.717) is 9.50 Å². The summed E-state index contributed by atoms with van der Waals surface area (Å²) in [7, 11) is -3.91. The SMILES string of the molecule is CC(=O)Nc1nnc(S(=O)(=O)Nc2cc(Cl)ccc2Br)s1. The van der Waals surface area contributed by atoms with E-state index in [-0.39, 0.29) is 21.1 Å². The molecule has 112 valence electrons. The fourth-order valence-corrected chi connectivity index (χ4v) is 3.95. The molecule has 0 bridgehead atoms. The Labute approximate surface area is 137 Å². The summed E-state index contributed by atoms with van der Waals surface area (Å²) in [6.45, 7) is 1.29. The molecule has 1 heterocycles. The summed E-state index contributed by atoms with van der Waals surface area (Å²) in [6, 6.07) is 4.69. The number of nitrogens with one attached hydrogen (secondary N) is 2. The number of benzene rings is 1. The Balaban J connectivity index is 2.28. The number of rotatable bonds is 4. The predicted octanol–water partition coefficient (Wildman–Crippen LogP) is 2.71. The summed E-state index contributed by atoms with van der Waals surface area (Å²) in [5.41, 5.74) is 0.277. The average Bonchev–Trinajstić information content (AvgIpc) is 2.82. The molecular weight excluding hydrogens is 404 g/mol. The second kappa shape index (κ2) is 6.26. The number of hydrogen-bond acceptors (Lipinski definition) is 6. The van der Waals surface area contributed by atoms with Crippen LogP contribution in [0.15, 0.2) is 27.0 Å². The lowest BCUT2D eigenvalue weighted by molar-refractivity contribution is -0.114. The Kier molecular flexibility index (Phi) is 4.81. The molecule has 0 aliphatic rings. The van der Waals surface area contributed by atoms with Crippen molar-refractivity contribution in [3.63, 3.8) is 0 Å². The van der Waals surface area contributed by atoms with E-state index < -0.39 is 10.0 Å². The Bertz CT molecular complexity index is 793. The van der Waals surface area contributed by atoms with Crippen molar-refractivity contribution in [2.45, 2.75) is 11.3 Å². The third kappa shape index (κ3) is 4.13. The third-order valence-electron chi connectivity index (χ3n) is 2.09. The van der Waals surface area contributed by atoms with Crippen molar-refractivity contribution in [3.05, 3.63) is 27.7 Å². The lowest BCUT2D eigenvalue weighted by Gasteiger charge is -2.07. The van der Waals surface area contributed by atoms with Crippen molar-refractivity contribution in [1.82, 2.24) is 10.2 Å². The normalized spacial score (nSPS) is 11.2. The summed E-state index contributed by atoms with van der Waals surface area (Å²) in [5.74, 6) is -0.361. The van der Waals surface area contributed by atoms with Gasteiger partial charge in [-0.25, -0.2) is 0 Å². The molecule has 0 saturated carbocycles. The van der Waals surface area contributed by atoms with E-state index >= 15 is 0 Å². The monoisotopic (exact) mass is 410 g/mol. The highest BCUT2D eigenvalue weighted by Gasteiger charge is 2.21. The van der Waals surface area contributed by atoms with E-state index in [0.717, 1.165) is 11.3 Å². The number of amides is 1. The fourth-order valence-electron chi connectivity index (χ4n) is 1.28. The molecule has 21 heavy (non-hydrogen) atoms. The van der Waals surface area contributed by atoms with Crippen LogP contribution in [0.4, 0.5) is 10.8 Å². The van der Waals surface area contributed by atoms with Crippen LogP contribution in [0.25, 0.3) is 0 Å². The van der Waals surface area contributed by atoms with Crippen molar-refractivity contribution in [3.8, 4) is 0 Å². The summed E-state index contributed by atoms with van der Waals surface area (Å²) < 4.78 is 27.0. The van der Waals surface area contributed by atoms with Crippen LogP contribution in [0, 0.1) is 0 Å². The van der Waals surface area contributed by atoms with Gasteiger partial charge in [0.15, 0.2) is 0 Å². The zero-order chi connectivity index (χ0) is 15.6. The lowest BCUT2D eigenvalue weighted by Crippen LogP contribution is -2.13. The smallest absolute Gasteiger partial charge is 0.291 e. The number of aromatic nitrogens is 2. The van der Waals surface area contributed by atoms with Crippen molar-refractivity contribution in [2.24, 2.45) is 0 Å². The summed E-state index contributed by atoms with van der Waals surface area (Å²) >= 11 is 9.79. The first kappa shape index (κ1) is 16.1. The van der Waals surface area contributed by atoms with Crippen molar-refractivity contribution < 1.29 is 13.2 Å². The molecule has 0 aliphatic heterocycles. The molecular formula is C10H8BrClN4O3S2. The lowest BCUT2D eigenvalue weighted by atomic mass is 10.3. The Morgan fingerprint density at radius 2 is 2.10 bits per heavy atom.